The van der Waals surface area contributed by atoms with Gasteiger partial charge in [-0.1, -0.05) is 30.3 Å². The number of carboxylic acids is 1. The third-order valence-corrected chi connectivity index (χ3v) is 1.82. The maximum Gasteiger partial charge on any atom is 0.328 e. The number of aliphatic carboxylic acids is 1. The van der Waals surface area contributed by atoms with Crippen molar-refractivity contribution in [1.82, 2.24) is 0 Å². The second-order valence-electron chi connectivity index (χ2n) is 2.86. The van der Waals surface area contributed by atoms with Gasteiger partial charge in [0, 0.05) is 6.08 Å². The predicted octanol–water partition coefficient (Wildman–Crippen LogP) is 2.51. The van der Waals surface area contributed by atoms with Crippen LogP contribution in [0, 0.1) is 0 Å². The van der Waals surface area contributed by atoms with E-state index in [-0.39, 0.29) is 0 Å². The second-order valence-corrected chi connectivity index (χ2v) is 2.86. The van der Waals surface area contributed by atoms with Crippen molar-refractivity contribution in [2.75, 3.05) is 0 Å². The highest BCUT2D eigenvalue weighted by Crippen LogP contribution is 2.11. The first-order valence-corrected chi connectivity index (χ1v) is 4.34. The number of hydrogen-bond acceptors (Lipinski definition) is 1. The number of carbonyl (C=O) groups is 1. The van der Waals surface area contributed by atoms with Crippen molar-refractivity contribution in [3.8, 4) is 0 Å². The summed E-state index contributed by atoms with van der Waals surface area (Å²) in [6, 6.07) is 7.66. The quantitative estimate of drug-likeness (QED) is 0.582. The fourth-order valence-corrected chi connectivity index (χ4v) is 1.20. The van der Waals surface area contributed by atoms with Gasteiger partial charge in [-0.2, -0.15) is 0 Å². The highest BCUT2D eigenvalue weighted by molar-refractivity contribution is 5.85. The Morgan fingerprint density at radius 1 is 1.43 bits per heavy atom. The van der Waals surface area contributed by atoms with Crippen molar-refractivity contribution >= 4 is 12.0 Å². The molecule has 0 radical (unpaired) electrons. The Bertz CT molecular complexity index is 364. The van der Waals surface area contributed by atoms with Crippen LogP contribution < -0.4 is 0 Å². The summed E-state index contributed by atoms with van der Waals surface area (Å²) in [6.07, 6.45) is 5.29. The van der Waals surface area contributed by atoms with Gasteiger partial charge in [-0.3, -0.25) is 0 Å². The maximum absolute atomic E-state index is 10.3. The Morgan fingerprint density at radius 3 is 2.79 bits per heavy atom. The number of hydrogen-bond donors (Lipinski definition) is 1. The van der Waals surface area contributed by atoms with Crippen molar-refractivity contribution < 1.29 is 9.90 Å². The summed E-state index contributed by atoms with van der Waals surface area (Å²) in [5.41, 5.74) is 2.01. The van der Waals surface area contributed by atoms with Gasteiger partial charge < -0.3 is 5.11 Å². The molecule has 72 valence electrons. The standard InChI is InChI=1S/C12H12O2/c1-2-5-10-6-3-4-7-11(10)8-9-12(13)14/h2-4,6-9H,1,5H2,(H,13,14)/b9-8+. The first kappa shape index (κ1) is 10.3. The van der Waals surface area contributed by atoms with E-state index in [1.165, 1.54) is 0 Å². The van der Waals surface area contributed by atoms with Crippen LogP contribution in [0.3, 0.4) is 0 Å². The lowest BCUT2D eigenvalue weighted by atomic mass is 10.0. The molecule has 0 atom stereocenters. The fourth-order valence-electron chi connectivity index (χ4n) is 1.20. The van der Waals surface area contributed by atoms with E-state index in [2.05, 4.69) is 6.58 Å². The molecule has 0 amide bonds. The number of carboxylic acid groups (broad SMARTS) is 1. The minimum atomic E-state index is -0.932. The Morgan fingerprint density at radius 2 is 2.14 bits per heavy atom. The number of rotatable bonds is 4. The van der Waals surface area contributed by atoms with E-state index in [4.69, 9.17) is 5.11 Å². The van der Waals surface area contributed by atoms with Crippen molar-refractivity contribution in [2.45, 2.75) is 6.42 Å². The lowest BCUT2D eigenvalue weighted by Crippen LogP contribution is -1.89. The van der Waals surface area contributed by atoms with E-state index in [0.29, 0.717) is 0 Å². The number of benzene rings is 1. The van der Waals surface area contributed by atoms with E-state index >= 15 is 0 Å². The van der Waals surface area contributed by atoms with Crippen LogP contribution in [-0.4, -0.2) is 11.1 Å². The summed E-state index contributed by atoms with van der Waals surface area (Å²) < 4.78 is 0. The van der Waals surface area contributed by atoms with Crippen LogP contribution in [0.2, 0.25) is 0 Å². The Kier molecular flexibility index (Phi) is 3.68. The monoisotopic (exact) mass is 188 g/mol. The molecule has 0 bridgehead atoms. The Balaban J connectivity index is 2.94. The molecule has 0 unspecified atom stereocenters. The lowest BCUT2D eigenvalue weighted by molar-refractivity contribution is -0.131. The first-order valence-electron chi connectivity index (χ1n) is 4.34. The SMILES string of the molecule is C=CCc1ccccc1/C=C/C(=O)O. The predicted molar refractivity (Wildman–Crippen MR) is 57.0 cm³/mol. The molecular weight excluding hydrogens is 176 g/mol. The number of allylic oxidation sites excluding steroid dienone is 1. The molecule has 14 heavy (non-hydrogen) atoms. The second kappa shape index (κ2) is 5.02. The van der Waals surface area contributed by atoms with Gasteiger partial charge in [0.15, 0.2) is 0 Å². The smallest absolute Gasteiger partial charge is 0.328 e. The first-order chi connectivity index (χ1) is 6.74. The van der Waals surface area contributed by atoms with Crippen LogP contribution in [0.15, 0.2) is 43.0 Å². The third-order valence-electron chi connectivity index (χ3n) is 1.82. The summed E-state index contributed by atoms with van der Waals surface area (Å²) >= 11 is 0. The van der Waals surface area contributed by atoms with Crippen LogP contribution in [0.25, 0.3) is 6.08 Å². The molecule has 0 heterocycles. The summed E-state index contributed by atoms with van der Waals surface area (Å²) in [6.45, 7) is 3.65. The average molecular weight is 188 g/mol. The van der Waals surface area contributed by atoms with Crippen molar-refractivity contribution in [2.24, 2.45) is 0 Å². The van der Waals surface area contributed by atoms with Gasteiger partial charge in [0.25, 0.3) is 0 Å². The highest BCUT2D eigenvalue weighted by Gasteiger charge is 1.96. The minimum Gasteiger partial charge on any atom is -0.478 e. The highest BCUT2D eigenvalue weighted by atomic mass is 16.4. The summed E-state index contributed by atoms with van der Waals surface area (Å²) in [7, 11) is 0. The molecule has 1 rings (SSSR count). The topological polar surface area (TPSA) is 37.3 Å². The minimum absolute atomic E-state index is 0.750. The average Bonchev–Trinajstić information content (AvgIpc) is 2.17. The molecule has 0 spiro atoms. The van der Waals surface area contributed by atoms with Gasteiger partial charge in [0.05, 0.1) is 0 Å². The normalized spacial score (nSPS) is 10.3. The van der Waals surface area contributed by atoms with Crippen LogP contribution in [0.5, 0.6) is 0 Å². The van der Waals surface area contributed by atoms with Crippen molar-refractivity contribution in [3.05, 3.63) is 54.1 Å². The van der Waals surface area contributed by atoms with E-state index in [9.17, 15) is 4.79 Å². The van der Waals surface area contributed by atoms with Crippen molar-refractivity contribution in [1.29, 1.82) is 0 Å². The molecule has 1 aromatic rings. The molecule has 0 fully saturated rings. The zero-order valence-electron chi connectivity index (χ0n) is 7.81. The summed E-state index contributed by atoms with van der Waals surface area (Å²) in [5.74, 6) is -0.932. The molecule has 1 aromatic carbocycles. The molecule has 0 aliphatic heterocycles. The third kappa shape index (κ3) is 2.90. The van der Waals surface area contributed by atoms with Crippen molar-refractivity contribution in [3.63, 3.8) is 0 Å². The van der Waals surface area contributed by atoms with E-state index in [0.717, 1.165) is 23.6 Å². The van der Waals surface area contributed by atoms with Gasteiger partial charge in [-0.15, -0.1) is 6.58 Å². The Labute approximate surface area is 83.2 Å². The zero-order chi connectivity index (χ0) is 10.4. The van der Waals surface area contributed by atoms with Gasteiger partial charge in [-0.25, -0.2) is 4.79 Å². The van der Waals surface area contributed by atoms with Crippen LogP contribution >= 0.6 is 0 Å². The molecule has 2 nitrogen and oxygen atoms in total. The summed E-state index contributed by atoms with van der Waals surface area (Å²) in [5, 5.41) is 8.49. The van der Waals surface area contributed by atoms with Gasteiger partial charge in [0.2, 0.25) is 0 Å². The molecule has 0 aliphatic carbocycles. The Hall–Kier alpha value is -1.83. The largest absolute Gasteiger partial charge is 0.478 e. The lowest BCUT2D eigenvalue weighted by Gasteiger charge is -2.01. The van der Waals surface area contributed by atoms with Gasteiger partial charge >= 0.3 is 5.97 Å². The molecule has 0 saturated heterocycles. The van der Waals surface area contributed by atoms with Crippen LogP contribution in [0.1, 0.15) is 11.1 Å². The van der Waals surface area contributed by atoms with E-state index in [1.807, 2.05) is 24.3 Å². The molecule has 0 aromatic heterocycles. The molecule has 1 N–H and O–H groups in total. The zero-order valence-corrected chi connectivity index (χ0v) is 7.81. The van der Waals surface area contributed by atoms with Gasteiger partial charge in [-0.05, 0) is 23.6 Å². The molecule has 0 aliphatic rings. The van der Waals surface area contributed by atoms with E-state index < -0.39 is 5.97 Å². The van der Waals surface area contributed by atoms with Crippen LogP contribution in [0.4, 0.5) is 0 Å². The fraction of sp³-hybridized carbons (Fsp3) is 0.0833. The van der Waals surface area contributed by atoms with Gasteiger partial charge in [0.1, 0.15) is 0 Å². The maximum atomic E-state index is 10.3. The summed E-state index contributed by atoms with van der Waals surface area (Å²) in [4.78, 5) is 10.3. The molecular formula is C12H12O2. The molecule has 2 heteroatoms. The van der Waals surface area contributed by atoms with Crippen LogP contribution in [-0.2, 0) is 11.2 Å². The molecule has 0 saturated carbocycles. The van der Waals surface area contributed by atoms with E-state index in [1.54, 1.807) is 12.2 Å².